The van der Waals surface area contributed by atoms with Crippen molar-refractivity contribution in [2.24, 2.45) is 0 Å². The SMILES string of the molecule is CC(=O)OC[C@H]1O[C@@H](Oc2ccc3c(=O)c(-c4ccc(F)cc4)coc3c2)[C@@H](OC(C)=O)[C@@H](OC(C)=O)[C@H]1OC(C)=O. The summed E-state index contributed by atoms with van der Waals surface area (Å²) >= 11 is 0. The maximum Gasteiger partial charge on any atom is 0.303 e. The van der Waals surface area contributed by atoms with E-state index in [1.165, 1.54) is 48.7 Å². The van der Waals surface area contributed by atoms with E-state index in [1.807, 2.05) is 0 Å². The minimum absolute atomic E-state index is 0.0982. The van der Waals surface area contributed by atoms with Gasteiger partial charge in [-0.25, -0.2) is 4.39 Å². The van der Waals surface area contributed by atoms with Crippen LogP contribution in [0.5, 0.6) is 5.75 Å². The monoisotopic (exact) mass is 586 g/mol. The lowest BCUT2D eigenvalue weighted by atomic mass is 9.98. The molecule has 3 aromatic rings. The quantitative estimate of drug-likeness (QED) is 0.281. The number of hydrogen-bond acceptors (Lipinski definition) is 12. The van der Waals surface area contributed by atoms with E-state index in [4.69, 9.17) is 32.8 Å². The van der Waals surface area contributed by atoms with Gasteiger partial charge in [0, 0.05) is 33.8 Å². The van der Waals surface area contributed by atoms with Crippen LogP contribution in [0.15, 0.2) is 57.9 Å². The van der Waals surface area contributed by atoms with Crippen LogP contribution < -0.4 is 10.2 Å². The lowest BCUT2D eigenvalue weighted by Gasteiger charge is -2.43. The van der Waals surface area contributed by atoms with E-state index in [0.717, 1.165) is 27.7 Å². The van der Waals surface area contributed by atoms with Gasteiger partial charge in [0.15, 0.2) is 17.6 Å². The zero-order chi connectivity index (χ0) is 30.6. The molecule has 1 saturated heterocycles. The van der Waals surface area contributed by atoms with Crippen molar-refractivity contribution in [3.8, 4) is 16.9 Å². The lowest BCUT2D eigenvalue weighted by molar-refractivity contribution is -0.288. The van der Waals surface area contributed by atoms with E-state index >= 15 is 0 Å². The molecule has 42 heavy (non-hydrogen) atoms. The van der Waals surface area contributed by atoms with Gasteiger partial charge < -0.3 is 32.8 Å². The number of rotatable bonds is 8. The number of benzene rings is 2. The molecule has 1 fully saturated rings. The largest absolute Gasteiger partial charge is 0.463 e. The molecule has 2 heterocycles. The zero-order valence-corrected chi connectivity index (χ0v) is 23.0. The van der Waals surface area contributed by atoms with Crippen LogP contribution in [0.4, 0.5) is 4.39 Å². The Hall–Kier alpha value is -4.78. The first-order valence-corrected chi connectivity index (χ1v) is 12.7. The van der Waals surface area contributed by atoms with Crippen molar-refractivity contribution in [2.45, 2.75) is 58.4 Å². The summed E-state index contributed by atoms with van der Waals surface area (Å²) in [6.07, 6.45) is -5.62. The van der Waals surface area contributed by atoms with Crippen molar-refractivity contribution >= 4 is 34.8 Å². The van der Waals surface area contributed by atoms with Crippen LogP contribution in [-0.2, 0) is 42.9 Å². The van der Waals surface area contributed by atoms with Gasteiger partial charge in [-0.15, -0.1) is 0 Å². The first-order valence-electron chi connectivity index (χ1n) is 12.7. The van der Waals surface area contributed by atoms with Gasteiger partial charge in [-0.1, -0.05) is 12.1 Å². The van der Waals surface area contributed by atoms with Gasteiger partial charge in [-0.3, -0.25) is 24.0 Å². The predicted molar refractivity (Wildman–Crippen MR) is 140 cm³/mol. The molecule has 222 valence electrons. The Kier molecular flexibility index (Phi) is 9.21. The van der Waals surface area contributed by atoms with Crippen LogP contribution >= 0.6 is 0 Å². The molecule has 5 atom stereocenters. The fraction of sp³-hybridized carbons (Fsp3) is 0.345. The van der Waals surface area contributed by atoms with Crippen molar-refractivity contribution in [3.63, 3.8) is 0 Å². The summed E-state index contributed by atoms with van der Waals surface area (Å²) < 4.78 is 52.1. The first kappa shape index (κ1) is 30.2. The molecule has 4 rings (SSSR count). The molecule has 0 amide bonds. The summed E-state index contributed by atoms with van der Waals surface area (Å²) in [5.41, 5.74) is 0.441. The summed E-state index contributed by atoms with van der Waals surface area (Å²) in [7, 11) is 0. The van der Waals surface area contributed by atoms with Crippen LogP contribution in [0.2, 0.25) is 0 Å². The van der Waals surface area contributed by atoms with Crippen LogP contribution in [0.3, 0.4) is 0 Å². The van der Waals surface area contributed by atoms with Gasteiger partial charge in [0.25, 0.3) is 0 Å². The highest BCUT2D eigenvalue weighted by atomic mass is 19.1. The second kappa shape index (κ2) is 12.8. The molecule has 1 aliphatic rings. The molecule has 0 bridgehead atoms. The van der Waals surface area contributed by atoms with Gasteiger partial charge in [0.1, 0.15) is 36.1 Å². The Morgan fingerprint density at radius 2 is 1.43 bits per heavy atom. The van der Waals surface area contributed by atoms with E-state index in [9.17, 15) is 28.4 Å². The summed E-state index contributed by atoms with van der Waals surface area (Å²) in [5.74, 6) is -3.35. The Morgan fingerprint density at radius 1 is 0.810 bits per heavy atom. The van der Waals surface area contributed by atoms with Crippen LogP contribution in [-0.4, -0.2) is 61.2 Å². The minimum Gasteiger partial charge on any atom is -0.463 e. The molecule has 0 N–H and O–H groups in total. The van der Waals surface area contributed by atoms with E-state index in [0.29, 0.717) is 5.56 Å². The second-order valence-corrected chi connectivity index (χ2v) is 9.33. The fourth-order valence-corrected chi connectivity index (χ4v) is 4.43. The summed E-state index contributed by atoms with van der Waals surface area (Å²) in [4.78, 5) is 60.6. The maximum absolute atomic E-state index is 13.3. The number of fused-ring (bicyclic) bond motifs is 1. The highest BCUT2D eigenvalue weighted by molar-refractivity contribution is 5.82. The number of ether oxygens (including phenoxy) is 6. The molecule has 1 aliphatic heterocycles. The molecule has 0 spiro atoms. The number of carbonyl (C=O) groups is 4. The standard InChI is InChI=1S/C29H27FO12/c1-14(31)36-13-24-26(38-15(2)32)27(39-16(3)33)28(40-17(4)34)29(42-24)41-20-9-10-21-23(11-20)37-12-22(25(21)35)18-5-7-19(30)8-6-18/h5-12,24,26-29H,13H2,1-4H3/t24-,26+,27+,28+,29-/m1/s1. The molecule has 0 unspecified atom stereocenters. The van der Waals surface area contributed by atoms with Crippen LogP contribution in [0.25, 0.3) is 22.1 Å². The molecule has 12 nitrogen and oxygen atoms in total. The lowest BCUT2D eigenvalue weighted by Crippen LogP contribution is -2.63. The van der Waals surface area contributed by atoms with Gasteiger partial charge in [0.05, 0.1) is 10.9 Å². The number of halogens is 1. The average Bonchev–Trinajstić information content (AvgIpc) is 2.91. The van der Waals surface area contributed by atoms with E-state index in [1.54, 1.807) is 0 Å². The molecule has 0 aliphatic carbocycles. The van der Waals surface area contributed by atoms with E-state index < -0.39 is 67.0 Å². The second-order valence-electron chi connectivity index (χ2n) is 9.33. The topological polar surface area (TPSA) is 154 Å². The smallest absolute Gasteiger partial charge is 0.303 e. The Balaban J connectivity index is 1.70. The third kappa shape index (κ3) is 7.10. The zero-order valence-electron chi connectivity index (χ0n) is 23.0. The third-order valence-corrected chi connectivity index (χ3v) is 6.10. The van der Waals surface area contributed by atoms with Crippen molar-refractivity contribution in [3.05, 3.63) is 64.8 Å². The molecular formula is C29H27FO12. The van der Waals surface area contributed by atoms with Crippen molar-refractivity contribution in [1.82, 2.24) is 0 Å². The molecule has 0 saturated carbocycles. The third-order valence-electron chi connectivity index (χ3n) is 6.10. The van der Waals surface area contributed by atoms with Crippen molar-refractivity contribution in [1.29, 1.82) is 0 Å². The van der Waals surface area contributed by atoms with E-state index in [-0.39, 0.29) is 27.7 Å². The van der Waals surface area contributed by atoms with Crippen LogP contribution in [0, 0.1) is 5.82 Å². The predicted octanol–water partition coefficient (Wildman–Crippen LogP) is 3.06. The molecule has 13 heteroatoms. The minimum atomic E-state index is -1.46. The van der Waals surface area contributed by atoms with Gasteiger partial charge >= 0.3 is 23.9 Å². The average molecular weight is 587 g/mol. The summed E-state index contributed by atoms with van der Waals surface area (Å²) in [6, 6.07) is 9.62. The van der Waals surface area contributed by atoms with Gasteiger partial charge in [-0.2, -0.15) is 0 Å². The number of esters is 4. The highest BCUT2D eigenvalue weighted by Crippen LogP contribution is 2.32. The Bertz CT molecular complexity index is 1550. The number of carbonyl (C=O) groups excluding carboxylic acids is 4. The van der Waals surface area contributed by atoms with Gasteiger partial charge in [0.2, 0.25) is 12.4 Å². The fourth-order valence-electron chi connectivity index (χ4n) is 4.43. The van der Waals surface area contributed by atoms with E-state index in [2.05, 4.69) is 0 Å². The number of hydrogen-bond donors (Lipinski definition) is 0. The molecular weight excluding hydrogens is 559 g/mol. The van der Waals surface area contributed by atoms with Crippen molar-refractivity contribution in [2.75, 3.05) is 6.61 Å². The van der Waals surface area contributed by atoms with Gasteiger partial charge in [-0.05, 0) is 29.8 Å². The molecule has 2 aromatic carbocycles. The maximum atomic E-state index is 13.3. The van der Waals surface area contributed by atoms with Crippen LogP contribution in [0.1, 0.15) is 27.7 Å². The highest BCUT2D eigenvalue weighted by Gasteiger charge is 2.53. The molecule has 0 radical (unpaired) electrons. The molecule has 1 aromatic heterocycles. The Morgan fingerprint density at radius 3 is 2.05 bits per heavy atom. The Labute approximate surface area is 238 Å². The van der Waals surface area contributed by atoms with Crippen molar-refractivity contribution < 1.29 is 56.4 Å². The first-order chi connectivity index (χ1) is 19.9. The normalized spacial score (nSPS) is 21.7. The summed E-state index contributed by atoms with van der Waals surface area (Å²) in [5, 5.41) is 0.200. The summed E-state index contributed by atoms with van der Waals surface area (Å²) in [6.45, 7) is 4.07.